The Morgan fingerprint density at radius 1 is 1.12 bits per heavy atom. The van der Waals surface area contributed by atoms with Crippen molar-refractivity contribution < 1.29 is 37.4 Å². The van der Waals surface area contributed by atoms with Gasteiger partial charge in [-0.25, -0.2) is 18.0 Å². The van der Waals surface area contributed by atoms with Gasteiger partial charge in [0.05, 0.1) is 12.2 Å². The van der Waals surface area contributed by atoms with Crippen LogP contribution < -0.4 is 10.6 Å². The Hall–Kier alpha value is -2.62. The minimum atomic E-state index is -1.73. The normalized spacial score (nSPS) is 19.8. The Kier molecular flexibility index (Phi) is 5.39. The van der Waals surface area contributed by atoms with Gasteiger partial charge in [0.25, 0.3) is 0 Å². The number of halogens is 3. The number of carbonyl (C=O) groups is 3. The van der Waals surface area contributed by atoms with Crippen LogP contribution in [0, 0.1) is 17.5 Å². The van der Waals surface area contributed by atoms with Gasteiger partial charge in [0, 0.05) is 0 Å². The molecule has 0 aliphatic carbocycles. The fourth-order valence-corrected chi connectivity index (χ4v) is 2.11. The lowest BCUT2D eigenvalue weighted by molar-refractivity contribution is -0.152. The van der Waals surface area contributed by atoms with Crippen LogP contribution in [0.4, 0.5) is 18.9 Å². The van der Waals surface area contributed by atoms with E-state index in [2.05, 4.69) is 5.32 Å². The third-order valence-electron chi connectivity index (χ3n) is 3.32. The zero-order valence-electron chi connectivity index (χ0n) is 12.1. The average Bonchev–Trinajstić information content (AvgIpc) is 3.03. The molecule has 0 unspecified atom stereocenters. The summed E-state index contributed by atoms with van der Waals surface area (Å²) < 4.78 is 44.2. The summed E-state index contributed by atoms with van der Waals surface area (Å²) in [5.74, 6) is -7.43. The summed E-state index contributed by atoms with van der Waals surface area (Å²) in [7, 11) is 0. The molecule has 2 atom stereocenters. The number of rotatable bonds is 5. The first-order valence-corrected chi connectivity index (χ1v) is 6.89. The molecule has 1 aromatic rings. The highest BCUT2D eigenvalue weighted by Crippen LogP contribution is 2.20. The Balaban J connectivity index is 1.84. The molecule has 0 bridgehead atoms. The minimum Gasteiger partial charge on any atom is -0.479 e. The van der Waals surface area contributed by atoms with Crippen LogP contribution >= 0.6 is 0 Å². The van der Waals surface area contributed by atoms with E-state index in [1.54, 1.807) is 0 Å². The predicted octanol–water partition coefficient (Wildman–Crippen LogP) is 0.791. The number of ether oxygens (including phenoxy) is 1. The van der Waals surface area contributed by atoms with Crippen molar-refractivity contribution in [2.45, 2.75) is 25.0 Å². The van der Waals surface area contributed by atoms with E-state index in [-0.39, 0.29) is 12.8 Å². The summed E-state index contributed by atoms with van der Waals surface area (Å²) in [5.41, 5.74) is -0.573. The number of nitrogens with one attached hydrogen (secondary N) is 2. The fourth-order valence-electron chi connectivity index (χ4n) is 2.11. The van der Waals surface area contributed by atoms with Crippen molar-refractivity contribution in [3.05, 3.63) is 29.6 Å². The van der Waals surface area contributed by atoms with Gasteiger partial charge >= 0.3 is 5.97 Å². The molecule has 3 N–H and O–H groups in total. The largest absolute Gasteiger partial charge is 0.479 e. The Bertz CT molecular complexity index is 683. The van der Waals surface area contributed by atoms with Crippen molar-refractivity contribution in [2.24, 2.45) is 0 Å². The lowest BCUT2D eigenvalue weighted by atomic mass is 10.2. The fraction of sp³-hybridized carbons (Fsp3) is 0.357. The van der Waals surface area contributed by atoms with Gasteiger partial charge in [0.1, 0.15) is 6.10 Å². The first-order valence-electron chi connectivity index (χ1n) is 6.89. The number of hydrogen-bond donors (Lipinski definition) is 3. The lowest BCUT2D eigenvalue weighted by Gasteiger charge is -2.12. The van der Waals surface area contributed by atoms with Crippen LogP contribution in [0.5, 0.6) is 0 Å². The molecule has 2 amide bonds. The van der Waals surface area contributed by atoms with Gasteiger partial charge in [-0.2, -0.15) is 0 Å². The van der Waals surface area contributed by atoms with Crippen LogP contribution in [0.25, 0.3) is 0 Å². The molecule has 0 saturated carbocycles. The van der Waals surface area contributed by atoms with E-state index in [1.807, 2.05) is 5.32 Å². The molecule has 10 heteroatoms. The van der Waals surface area contributed by atoms with E-state index < -0.39 is 59.7 Å². The number of carboxylic acids is 1. The van der Waals surface area contributed by atoms with E-state index in [9.17, 15) is 27.6 Å². The molecule has 1 saturated heterocycles. The average molecular weight is 346 g/mol. The zero-order valence-corrected chi connectivity index (χ0v) is 12.1. The second-order valence-corrected chi connectivity index (χ2v) is 5.02. The van der Waals surface area contributed by atoms with Gasteiger partial charge in [-0.3, -0.25) is 9.59 Å². The quantitative estimate of drug-likeness (QED) is 0.684. The number of hydrogen-bond acceptors (Lipinski definition) is 4. The first-order chi connectivity index (χ1) is 11.3. The summed E-state index contributed by atoms with van der Waals surface area (Å²) in [5, 5.41) is 12.9. The molecule has 1 fully saturated rings. The molecule has 1 heterocycles. The second kappa shape index (κ2) is 7.30. The third-order valence-corrected chi connectivity index (χ3v) is 3.32. The molecule has 0 spiro atoms. The maximum absolute atomic E-state index is 13.4. The Morgan fingerprint density at radius 3 is 2.42 bits per heavy atom. The number of carbonyl (C=O) groups excluding carboxylic acids is 2. The molecular formula is C14H13F3N2O5. The summed E-state index contributed by atoms with van der Waals surface area (Å²) in [6.07, 6.45) is -1.73. The van der Waals surface area contributed by atoms with E-state index in [0.29, 0.717) is 6.07 Å². The molecule has 1 aromatic carbocycles. The summed E-state index contributed by atoms with van der Waals surface area (Å²) in [6.45, 7) is -0.575. The number of amides is 2. The van der Waals surface area contributed by atoms with Gasteiger partial charge in [0.15, 0.2) is 23.6 Å². The highest BCUT2D eigenvalue weighted by Gasteiger charge is 2.34. The van der Waals surface area contributed by atoms with Crippen LogP contribution in [0.15, 0.2) is 12.1 Å². The second-order valence-electron chi connectivity index (χ2n) is 5.02. The van der Waals surface area contributed by atoms with Crippen LogP contribution in [-0.4, -0.2) is 41.6 Å². The maximum atomic E-state index is 13.4. The summed E-state index contributed by atoms with van der Waals surface area (Å²) in [4.78, 5) is 34.1. The number of anilines is 1. The summed E-state index contributed by atoms with van der Waals surface area (Å²) in [6, 6.07) is 1.48. The van der Waals surface area contributed by atoms with Crippen LogP contribution in [-0.2, 0) is 19.1 Å². The molecular weight excluding hydrogens is 333 g/mol. The summed E-state index contributed by atoms with van der Waals surface area (Å²) >= 11 is 0. The molecule has 7 nitrogen and oxygen atoms in total. The van der Waals surface area contributed by atoms with Crippen molar-refractivity contribution in [3.63, 3.8) is 0 Å². The first kappa shape index (κ1) is 17.7. The molecule has 24 heavy (non-hydrogen) atoms. The number of benzene rings is 1. The van der Waals surface area contributed by atoms with Gasteiger partial charge in [-0.15, -0.1) is 0 Å². The highest BCUT2D eigenvalue weighted by molar-refractivity contribution is 5.95. The molecule has 130 valence electrons. The minimum absolute atomic E-state index is 0.166. The van der Waals surface area contributed by atoms with Crippen molar-refractivity contribution in [1.82, 2.24) is 5.32 Å². The van der Waals surface area contributed by atoms with Crippen LogP contribution in [0.2, 0.25) is 0 Å². The maximum Gasteiger partial charge on any atom is 0.332 e. The Labute approximate surface area is 133 Å². The third kappa shape index (κ3) is 4.02. The number of aliphatic carboxylic acids is 1. The van der Waals surface area contributed by atoms with Crippen LogP contribution in [0.3, 0.4) is 0 Å². The van der Waals surface area contributed by atoms with Crippen molar-refractivity contribution in [3.8, 4) is 0 Å². The van der Waals surface area contributed by atoms with Gasteiger partial charge in [-0.1, -0.05) is 0 Å². The number of carboxylic acid groups (broad SMARTS) is 1. The lowest BCUT2D eigenvalue weighted by Crippen LogP contribution is -2.40. The van der Waals surface area contributed by atoms with Gasteiger partial charge in [0.2, 0.25) is 11.8 Å². The zero-order chi connectivity index (χ0) is 17.9. The van der Waals surface area contributed by atoms with E-state index in [1.165, 1.54) is 0 Å². The predicted molar refractivity (Wildman–Crippen MR) is 73.5 cm³/mol. The van der Waals surface area contributed by atoms with E-state index in [0.717, 1.165) is 6.07 Å². The topological polar surface area (TPSA) is 105 Å². The van der Waals surface area contributed by atoms with Gasteiger partial charge in [-0.05, 0) is 25.0 Å². The molecule has 2 rings (SSSR count). The SMILES string of the molecule is O=C(CNC(=O)[C@@H]1CC[C@H](C(=O)O)O1)Nc1ccc(F)c(F)c1F. The van der Waals surface area contributed by atoms with Crippen molar-refractivity contribution in [1.29, 1.82) is 0 Å². The van der Waals surface area contributed by atoms with Crippen molar-refractivity contribution in [2.75, 3.05) is 11.9 Å². The molecule has 0 aromatic heterocycles. The monoisotopic (exact) mass is 346 g/mol. The molecule has 0 radical (unpaired) electrons. The van der Waals surface area contributed by atoms with E-state index in [4.69, 9.17) is 9.84 Å². The van der Waals surface area contributed by atoms with Crippen molar-refractivity contribution >= 4 is 23.5 Å². The van der Waals surface area contributed by atoms with E-state index >= 15 is 0 Å². The van der Waals surface area contributed by atoms with Gasteiger partial charge < -0.3 is 20.5 Å². The Morgan fingerprint density at radius 2 is 1.79 bits per heavy atom. The standard InChI is InChI=1S/C14H13F3N2O5/c15-6-1-2-7(12(17)11(6)16)19-10(20)5-18-13(21)8-3-4-9(24-8)14(22)23/h1-2,8-9H,3-5H2,(H,18,21)(H,19,20)(H,22,23)/t8-,9+/m0/s1. The smallest absolute Gasteiger partial charge is 0.332 e. The molecule has 1 aliphatic heterocycles. The van der Waals surface area contributed by atoms with Crippen LogP contribution in [0.1, 0.15) is 12.8 Å². The molecule has 1 aliphatic rings. The highest BCUT2D eigenvalue weighted by atomic mass is 19.2.